The fraction of sp³-hybridized carbons (Fsp3) is 0.409. The highest BCUT2D eigenvalue weighted by atomic mass is 32.2. The number of nitrogens with zero attached hydrogens (tertiary/aromatic N) is 1. The quantitative estimate of drug-likeness (QED) is 0.689. The SMILES string of the molecule is CCOc1ccc(NS(=O)(=O)c2ccc(OCC(=O)N3CCCCC3)c(C)c2)cc1. The third-order valence-electron chi connectivity index (χ3n) is 4.93. The Balaban J connectivity index is 1.63. The maximum atomic E-state index is 12.7. The van der Waals surface area contributed by atoms with Crippen LogP contribution in [0, 0.1) is 6.92 Å². The highest BCUT2D eigenvalue weighted by Gasteiger charge is 2.19. The van der Waals surface area contributed by atoms with E-state index >= 15 is 0 Å². The van der Waals surface area contributed by atoms with Gasteiger partial charge in [-0.05, 0) is 81.1 Å². The van der Waals surface area contributed by atoms with Gasteiger partial charge in [0.15, 0.2) is 6.61 Å². The van der Waals surface area contributed by atoms with Gasteiger partial charge >= 0.3 is 0 Å². The molecule has 0 aliphatic carbocycles. The van der Waals surface area contributed by atoms with Gasteiger partial charge in [-0.25, -0.2) is 8.42 Å². The second-order valence-corrected chi connectivity index (χ2v) is 8.90. The van der Waals surface area contributed by atoms with Gasteiger partial charge < -0.3 is 14.4 Å². The Hall–Kier alpha value is -2.74. The average Bonchev–Trinajstić information content (AvgIpc) is 2.74. The molecule has 2 aromatic rings. The van der Waals surface area contributed by atoms with Crippen molar-refractivity contribution in [3.63, 3.8) is 0 Å². The molecule has 162 valence electrons. The Morgan fingerprint density at radius 2 is 1.73 bits per heavy atom. The predicted octanol–water partition coefficient (Wildman–Crippen LogP) is 3.59. The van der Waals surface area contributed by atoms with E-state index in [1.807, 2.05) is 11.8 Å². The van der Waals surface area contributed by atoms with Crippen molar-refractivity contribution in [3.8, 4) is 11.5 Å². The monoisotopic (exact) mass is 432 g/mol. The van der Waals surface area contributed by atoms with Crippen LogP contribution in [0.2, 0.25) is 0 Å². The molecule has 1 saturated heterocycles. The number of ether oxygens (including phenoxy) is 2. The lowest BCUT2D eigenvalue weighted by Gasteiger charge is -2.26. The van der Waals surface area contributed by atoms with Crippen molar-refractivity contribution in [2.45, 2.75) is 38.0 Å². The Morgan fingerprint density at radius 1 is 1.03 bits per heavy atom. The zero-order valence-electron chi connectivity index (χ0n) is 17.4. The van der Waals surface area contributed by atoms with Crippen LogP contribution in [0.4, 0.5) is 5.69 Å². The van der Waals surface area contributed by atoms with Gasteiger partial charge in [0.2, 0.25) is 0 Å². The van der Waals surface area contributed by atoms with Crippen LogP contribution < -0.4 is 14.2 Å². The van der Waals surface area contributed by atoms with Crippen LogP contribution in [-0.2, 0) is 14.8 Å². The van der Waals surface area contributed by atoms with Crippen molar-refractivity contribution in [3.05, 3.63) is 48.0 Å². The number of rotatable bonds is 8. The van der Waals surface area contributed by atoms with Gasteiger partial charge in [0.25, 0.3) is 15.9 Å². The number of hydrogen-bond donors (Lipinski definition) is 1. The summed E-state index contributed by atoms with van der Waals surface area (Å²) in [6.07, 6.45) is 3.21. The third-order valence-corrected chi connectivity index (χ3v) is 6.31. The molecule has 2 aromatic carbocycles. The molecule has 3 rings (SSSR count). The summed E-state index contributed by atoms with van der Waals surface area (Å²) in [6.45, 7) is 5.69. The lowest BCUT2D eigenvalue weighted by Crippen LogP contribution is -2.38. The smallest absolute Gasteiger partial charge is 0.261 e. The molecular weight excluding hydrogens is 404 g/mol. The minimum atomic E-state index is -3.75. The van der Waals surface area contributed by atoms with E-state index in [2.05, 4.69) is 4.72 Å². The maximum Gasteiger partial charge on any atom is 0.261 e. The first kappa shape index (κ1) is 22.0. The van der Waals surface area contributed by atoms with E-state index < -0.39 is 10.0 Å². The topological polar surface area (TPSA) is 84.9 Å². The van der Waals surface area contributed by atoms with E-state index in [0.29, 0.717) is 29.4 Å². The first-order valence-corrected chi connectivity index (χ1v) is 11.6. The van der Waals surface area contributed by atoms with Crippen molar-refractivity contribution in [2.24, 2.45) is 0 Å². The molecule has 0 saturated carbocycles. The first-order valence-electron chi connectivity index (χ1n) is 10.2. The third kappa shape index (κ3) is 5.66. The molecule has 1 amide bonds. The standard InChI is InChI=1S/C22H28N2O5S/c1-3-28-19-9-7-18(8-10-19)23-30(26,27)20-11-12-21(17(2)15-20)29-16-22(25)24-13-5-4-6-14-24/h7-12,15,23H,3-6,13-14,16H2,1-2H3. The highest BCUT2D eigenvalue weighted by molar-refractivity contribution is 7.92. The van der Waals surface area contributed by atoms with Crippen molar-refractivity contribution >= 4 is 21.6 Å². The molecule has 0 atom stereocenters. The molecule has 1 heterocycles. The summed E-state index contributed by atoms with van der Waals surface area (Å²) in [5, 5.41) is 0. The molecule has 0 bridgehead atoms. The van der Waals surface area contributed by atoms with E-state index in [9.17, 15) is 13.2 Å². The summed E-state index contributed by atoms with van der Waals surface area (Å²) in [6, 6.07) is 11.3. The molecule has 0 radical (unpaired) electrons. The summed E-state index contributed by atoms with van der Waals surface area (Å²) in [5.41, 5.74) is 1.10. The van der Waals surface area contributed by atoms with E-state index in [4.69, 9.17) is 9.47 Å². The number of hydrogen-bond acceptors (Lipinski definition) is 5. The van der Waals surface area contributed by atoms with Gasteiger partial charge in [0.05, 0.1) is 11.5 Å². The Morgan fingerprint density at radius 3 is 2.37 bits per heavy atom. The van der Waals surface area contributed by atoms with Crippen LogP contribution in [0.25, 0.3) is 0 Å². The van der Waals surface area contributed by atoms with Gasteiger partial charge in [0.1, 0.15) is 11.5 Å². The molecule has 1 aliphatic heterocycles. The van der Waals surface area contributed by atoms with Gasteiger partial charge in [-0.1, -0.05) is 0 Å². The van der Waals surface area contributed by atoms with E-state index in [1.165, 1.54) is 12.1 Å². The minimum Gasteiger partial charge on any atom is -0.494 e. The number of sulfonamides is 1. The molecule has 0 unspecified atom stereocenters. The minimum absolute atomic E-state index is 0.0389. The summed E-state index contributed by atoms with van der Waals surface area (Å²) in [5.74, 6) is 1.14. The van der Waals surface area contributed by atoms with Crippen molar-refractivity contribution in [1.82, 2.24) is 4.90 Å². The molecule has 0 aromatic heterocycles. The lowest BCUT2D eigenvalue weighted by atomic mass is 10.1. The summed E-state index contributed by atoms with van der Waals surface area (Å²) in [7, 11) is -3.75. The summed E-state index contributed by atoms with van der Waals surface area (Å²) < 4.78 is 39.0. The fourth-order valence-corrected chi connectivity index (χ4v) is 4.47. The number of carbonyl (C=O) groups is 1. The van der Waals surface area contributed by atoms with Crippen LogP contribution in [0.5, 0.6) is 11.5 Å². The first-order chi connectivity index (χ1) is 14.4. The molecule has 7 nitrogen and oxygen atoms in total. The normalized spacial score (nSPS) is 14.3. The van der Waals surface area contributed by atoms with E-state index in [-0.39, 0.29) is 17.4 Å². The predicted molar refractivity (Wildman–Crippen MR) is 116 cm³/mol. The number of benzene rings is 2. The molecule has 0 spiro atoms. The van der Waals surface area contributed by atoms with E-state index in [0.717, 1.165) is 32.4 Å². The molecular formula is C22H28N2O5S. The molecule has 1 fully saturated rings. The average molecular weight is 433 g/mol. The van der Waals surface area contributed by atoms with Gasteiger partial charge in [-0.3, -0.25) is 9.52 Å². The second-order valence-electron chi connectivity index (χ2n) is 7.22. The van der Waals surface area contributed by atoms with E-state index in [1.54, 1.807) is 37.3 Å². The number of piperidine rings is 1. The largest absolute Gasteiger partial charge is 0.494 e. The van der Waals surface area contributed by atoms with Crippen molar-refractivity contribution in [2.75, 3.05) is 31.0 Å². The molecule has 1 aliphatic rings. The zero-order valence-corrected chi connectivity index (χ0v) is 18.2. The van der Waals surface area contributed by atoms with Crippen LogP contribution >= 0.6 is 0 Å². The van der Waals surface area contributed by atoms with Gasteiger partial charge in [-0.15, -0.1) is 0 Å². The van der Waals surface area contributed by atoms with Crippen LogP contribution in [0.15, 0.2) is 47.4 Å². The molecule has 8 heteroatoms. The Bertz CT molecular complexity index is 968. The number of nitrogens with one attached hydrogen (secondary N) is 1. The maximum absolute atomic E-state index is 12.7. The fourth-order valence-electron chi connectivity index (χ4n) is 3.33. The lowest BCUT2D eigenvalue weighted by molar-refractivity contribution is -0.134. The van der Waals surface area contributed by atoms with Crippen molar-refractivity contribution < 1.29 is 22.7 Å². The van der Waals surface area contributed by atoms with Crippen LogP contribution in [0.3, 0.4) is 0 Å². The van der Waals surface area contributed by atoms with Gasteiger partial charge in [0, 0.05) is 18.8 Å². The Kier molecular flexibility index (Phi) is 7.20. The van der Waals surface area contributed by atoms with Gasteiger partial charge in [-0.2, -0.15) is 0 Å². The molecule has 1 N–H and O–H groups in total. The summed E-state index contributed by atoms with van der Waals surface area (Å²) >= 11 is 0. The number of amides is 1. The highest BCUT2D eigenvalue weighted by Crippen LogP contribution is 2.24. The number of carbonyl (C=O) groups excluding carboxylic acids is 1. The number of anilines is 1. The number of aryl methyl sites for hydroxylation is 1. The van der Waals surface area contributed by atoms with Crippen LogP contribution in [-0.4, -0.2) is 45.5 Å². The Labute approximate surface area is 178 Å². The van der Waals surface area contributed by atoms with Crippen LogP contribution in [0.1, 0.15) is 31.7 Å². The number of likely N-dealkylation sites (tertiary alicyclic amines) is 1. The molecule has 30 heavy (non-hydrogen) atoms. The van der Waals surface area contributed by atoms with Crippen molar-refractivity contribution in [1.29, 1.82) is 0 Å². The summed E-state index contributed by atoms with van der Waals surface area (Å²) in [4.78, 5) is 14.2. The zero-order chi connectivity index (χ0) is 21.6. The second kappa shape index (κ2) is 9.84.